The topological polar surface area (TPSA) is 56.7 Å². The number of rotatable bonds is 5. The number of guanidine groups is 1. The molecular formula is C19H29Cl2IN4O. The molecular weight excluding hydrogens is 498 g/mol. The Labute approximate surface area is 189 Å². The summed E-state index contributed by atoms with van der Waals surface area (Å²) in [5.74, 6) is 1.62. The molecule has 8 heteroatoms. The largest absolute Gasteiger partial charge is 0.359 e. The van der Waals surface area contributed by atoms with Crippen molar-refractivity contribution in [2.75, 3.05) is 33.7 Å². The lowest BCUT2D eigenvalue weighted by molar-refractivity contribution is -0.121. The lowest BCUT2D eigenvalue weighted by atomic mass is 9.93. The number of likely N-dealkylation sites (tertiary alicyclic amines) is 1. The Hall–Kier alpha value is -0.730. The summed E-state index contributed by atoms with van der Waals surface area (Å²) >= 11 is 12.6. The molecule has 0 spiro atoms. The number of piperidine rings is 1. The molecule has 1 aliphatic rings. The third-order valence-electron chi connectivity index (χ3n) is 4.94. The van der Waals surface area contributed by atoms with Gasteiger partial charge in [-0.3, -0.25) is 9.79 Å². The van der Waals surface area contributed by atoms with Gasteiger partial charge in [0, 0.05) is 56.1 Å². The fraction of sp³-hybridized carbons (Fsp3) is 0.579. The van der Waals surface area contributed by atoms with E-state index in [4.69, 9.17) is 23.2 Å². The smallest absolute Gasteiger partial charge is 0.220 e. The number of amides is 1. The van der Waals surface area contributed by atoms with Crippen LogP contribution >= 0.6 is 47.2 Å². The molecule has 2 N–H and O–H groups in total. The third-order valence-corrected chi connectivity index (χ3v) is 5.60. The Bertz CT molecular complexity index is 628. The molecule has 152 valence electrons. The van der Waals surface area contributed by atoms with Crippen LogP contribution in [0.3, 0.4) is 0 Å². The van der Waals surface area contributed by atoms with Crippen molar-refractivity contribution < 1.29 is 4.79 Å². The highest BCUT2D eigenvalue weighted by Crippen LogP contribution is 2.31. The third kappa shape index (κ3) is 6.98. The summed E-state index contributed by atoms with van der Waals surface area (Å²) in [7, 11) is 3.49. The molecule has 1 atom stereocenters. The van der Waals surface area contributed by atoms with Crippen molar-refractivity contribution in [3.05, 3.63) is 33.8 Å². The Morgan fingerprint density at radius 2 is 1.89 bits per heavy atom. The second kappa shape index (κ2) is 12.0. The van der Waals surface area contributed by atoms with E-state index in [1.807, 2.05) is 18.2 Å². The second-order valence-corrected chi connectivity index (χ2v) is 7.59. The van der Waals surface area contributed by atoms with Crippen molar-refractivity contribution in [1.29, 1.82) is 0 Å². The van der Waals surface area contributed by atoms with Crippen molar-refractivity contribution in [1.82, 2.24) is 15.5 Å². The summed E-state index contributed by atoms with van der Waals surface area (Å²) in [5.41, 5.74) is 0.961. The van der Waals surface area contributed by atoms with E-state index in [0.29, 0.717) is 28.9 Å². The summed E-state index contributed by atoms with van der Waals surface area (Å²) < 4.78 is 0. The maximum absolute atomic E-state index is 11.5. The zero-order valence-corrected chi connectivity index (χ0v) is 19.9. The molecule has 2 rings (SSSR count). The van der Waals surface area contributed by atoms with E-state index in [2.05, 4.69) is 27.4 Å². The van der Waals surface area contributed by atoms with Crippen LogP contribution < -0.4 is 10.6 Å². The van der Waals surface area contributed by atoms with Crippen LogP contribution in [0.1, 0.15) is 37.7 Å². The normalized spacial score (nSPS) is 16.5. The molecule has 1 aromatic carbocycles. The number of nitrogens with one attached hydrogen (secondary N) is 2. The van der Waals surface area contributed by atoms with Crippen LogP contribution in [0.15, 0.2) is 23.2 Å². The number of carbonyl (C=O) groups is 1. The SMILES string of the molecule is CN=C(NCC(C)c1c(Cl)cccc1Cl)N1CCC(CC(=O)NC)CC1.I. The second-order valence-electron chi connectivity index (χ2n) is 6.77. The van der Waals surface area contributed by atoms with Gasteiger partial charge in [-0.1, -0.05) is 36.2 Å². The first-order valence-electron chi connectivity index (χ1n) is 9.06. The summed E-state index contributed by atoms with van der Waals surface area (Å²) in [6.45, 7) is 4.61. The average Bonchev–Trinajstić information content (AvgIpc) is 2.63. The fourth-order valence-electron chi connectivity index (χ4n) is 3.37. The summed E-state index contributed by atoms with van der Waals surface area (Å²) in [5, 5.41) is 7.53. The number of carbonyl (C=O) groups excluding carboxylic acids is 1. The molecule has 1 heterocycles. The van der Waals surface area contributed by atoms with Crippen LogP contribution in [-0.4, -0.2) is 50.5 Å². The summed E-state index contributed by atoms with van der Waals surface area (Å²) in [4.78, 5) is 18.2. The molecule has 1 aromatic rings. The maximum Gasteiger partial charge on any atom is 0.220 e. The highest BCUT2D eigenvalue weighted by molar-refractivity contribution is 14.0. The molecule has 1 saturated heterocycles. The van der Waals surface area contributed by atoms with Crippen LogP contribution in [0.25, 0.3) is 0 Å². The number of aliphatic imine (C=N–C) groups is 1. The minimum atomic E-state index is 0. The number of benzene rings is 1. The molecule has 27 heavy (non-hydrogen) atoms. The Morgan fingerprint density at radius 3 is 2.41 bits per heavy atom. The van der Waals surface area contributed by atoms with Crippen LogP contribution in [0.2, 0.25) is 10.0 Å². The van der Waals surface area contributed by atoms with E-state index in [9.17, 15) is 4.79 Å². The van der Waals surface area contributed by atoms with Crippen molar-refractivity contribution >= 4 is 59.0 Å². The minimum absolute atomic E-state index is 0. The van der Waals surface area contributed by atoms with Gasteiger partial charge in [-0.25, -0.2) is 0 Å². The maximum atomic E-state index is 11.5. The average molecular weight is 527 g/mol. The van der Waals surface area contributed by atoms with Crippen LogP contribution in [0.4, 0.5) is 0 Å². The predicted molar refractivity (Wildman–Crippen MR) is 125 cm³/mol. The van der Waals surface area contributed by atoms with Gasteiger partial charge in [-0.05, 0) is 36.5 Å². The van der Waals surface area contributed by atoms with Gasteiger partial charge in [-0.2, -0.15) is 0 Å². The standard InChI is InChI=1S/C19H28Cl2N4O.HI/c1-13(18-15(20)5-4-6-16(18)21)12-24-19(23-3)25-9-7-14(8-10-25)11-17(26)22-2;/h4-6,13-14H,7-12H2,1-3H3,(H,22,26)(H,23,24);1H. The number of nitrogens with zero attached hydrogens (tertiary/aromatic N) is 2. The van der Waals surface area contributed by atoms with E-state index in [1.165, 1.54) is 0 Å². The number of hydrogen-bond donors (Lipinski definition) is 2. The summed E-state index contributed by atoms with van der Waals surface area (Å²) in [6, 6.07) is 5.59. The van der Waals surface area contributed by atoms with E-state index >= 15 is 0 Å². The van der Waals surface area contributed by atoms with Gasteiger partial charge in [0.15, 0.2) is 5.96 Å². The van der Waals surface area contributed by atoms with E-state index in [-0.39, 0.29) is 35.8 Å². The first-order valence-corrected chi connectivity index (χ1v) is 9.82. The molecule has 0 radical (unpaired) electrons. The monoisotopic (exact) mass is 526 g/mol. The Morgan fingerprint density at radius 1 is 1.30 bits per heavy atom. The zero-order chi connectivity index (χ0) is 19.1. The Kier molecular flexibility index (Phi) is 10.8. The van der Waals surface area contributed by atoms with Gasteiger partial charge in [0.2, 0.25) is 5.91 Å². The molecule has 5 nitrogen and oxygen atoms in total. The van der Waals surface area contributed by atoms with Gasteiger partial charge < -0.3 is 15.5 Å². The number of hydrogen-bond acceptors (Lipinski definition) is 2. The van der Waals surface area contributed by atoms with Gasteiger partial charge in [0.25, 0.3) is 0 Å². The van der Waals surface area contributed by atoms with E-state index in [1.54, 1.807) is 14.1 Å². The quantitative estimate of drug-likeness (QED) is 0.344. The first-order chi connectivity index (χ1) is 12.5. The molecule has 0 aromatic heterocycles. The van der Waals surface area contributed by atoms with E-state index < -0.39 is 0 Å². The van der Waals surface area contributed by atoms with Gasteiger partial charge in [0.05, 0.1) is 0 Å². The fourth-order valence-corrected chi connectivity index (χ4v) is 4.14. The van der Waals surface area contributed by atoms with E-state index in [0.717, 1.165) is 37.5 Å². The van der Waals surface area contributed by atoms with Gasteiger partial charge in [-0.15, -0.1) is 24.0 Å². The van der Waals surface area contributed by atoms with Crippen molar-refractivity contribution in [3.8, 4) is 0 Å². The Balaban J connectivity index is 0.00000364. The predicted octanol–water partition coefficient (Wildman–Crippen LogP) is 4.14. The highest BCUT2D eigenvalue weighted by atomic mass is 127. The lowest BCUT2D eigenvalue weighted by Gasteiger charge is -2.34. The highest BCUT2D eigenvalue weighted by Gasteiger charge is 2.23. The van der Waals surface area contributed by atoms with Crippen molar-refractivity contribution in [2.45, 2.75) is 32.1 Å². The van der Waals surface area contributed by atoms with Gasteiger partial charge >= 0.3 is 0 Å². The molecule has 0 bridgehead atoms. The molecule has 1 fully saturated rings. The molecule has 1 unspecified atom stereocenters. The molecule has 1 aliphatic heterocycles. The first kappa shape index (κ1) is 24.3. The van der Waals surface area contributed by atoms with Crippen LogP contribution in [0, 0.1) is 5.92 Å². The van der Waals surface area contributed by atoms with Crippen LogP contribution in [0.5, 0.6) is 0 Å². The zero-order valence-electron chi connectivity index (χ0n) is 16.1. The van der Waals surface area contributed by atoms with Crippen molar-refractivity contribution in [3.63, 3.8) is 0 Å². The molecule has 0 aliphatic carbocycles. The summed E-state index contributed by atoms with van der Waals surface area (Å²) in [6.07, 6.45) is 2.61. The minimum Gasteiger partial charge on any atom is -0.359 e. The molecule has 1 amide bonds. The van der Waals surface area contributed by atoms with Crippen LogP contribution in [-0.2, 0) is 4.79 Å². The van der Waals surface area contributed by atoms with Crippen molar-refractivity contribution in [2.24, 2.45) is 10.9 Å². The lowest BCUT2D eigenvalue weighted by Crippen LogP contribution is -2.46. The molecule has 0 saturated carbocycles. The van der Waals surface area contributed by atoms with Gasteiger partial charge in [0.1, 0.15) is 0 Å². The number of halogens is 3.